The van der Waals surface area contributed by atoms with Gasteiger partial charge in [0.1, 0.15) is 5.82 Å². The maximum atomic E-state index is 14.0. The van der Waals surface area contributed by atoms with Gasteiger partial charge in [0.05, 0.1) is 22.5 Å². The number of hydrogen-bond acceptors (Lipinski definition) is 4. The van der Waals surface area contributed by atoms with Gasteiger partial charge in [-0.3, -0.25) is 14.4 Å². The van der Waals surface area contributed by atoms with Crippen molar-refractivity contribution >= 4 is 34.8 Å². The van der Waals surface area contributed by atoms with E-state index in [1.165, 1.54) is 31.0 Å². The van der Waals surface area contributed by atoms with Crippen LogP contribution < -0.4 is 5.32 Å². The Bertz CT molecular complexity index is 1380. The standard InChI is InChI=1S/C30H30FN3O3/c1-19-27(29(36)20-9-3-2-4-10-20)25(18-23-22-17-21(31)12-13-24(22)33-30(23)37)32-28(19)26(35)11-5-6-14-34-15-7-8-16-34/h2-4,9-10,12-13,17-18,32H,5-8,11,14-16H2,1H3,(H,33,37)/b23-18-. The van der Waals surface area contributed by atoms with E-state index in [0.717, 1.165) is 32.5 Å². The van der Waals surface area contributed by atoms with Crippen molar-refractivity contribution < 1.29 is 18.8 Å². The van der Waals surface area contributed by atoms with Gasteiger partial charge < -0.3 is 15.2 Å². The molecule has 190 valence electrons. The van der Waals surface area contributed by atoms with Crippen LogP contribution in [0.2, 0.25) is 0 Å². The van der Waals surface area contributed by atoms with Crippen molar-refractivity contribution in [1.29, 1.82) is 0 Å². The van der Waals surface area contributed by atoms with Crippen LogP contribution in [0.25, 0.3) is 11.6 Å². The van der Waals surface area contributed by atoms with Gasteiger partial charge in [0.2, 0.25) is 0 Å². The van der Waals surface area contributed by atoms with Crippen LogP contribution in [0.5, 0.6) is 0 Å². The number of benzene rings is 2. The first-order valence-corrected chi connectivity index (χ1v) is 12.8. The first-order chi connectivity index (χ1) is 17.9. The molecule has 0 radical (unpaired) electrons. The number of anilines is 1. The molecule has 2 N–H and O–H groups in total. The third-order valence-corrected chi connectivity index (χ3v) is 7.20. The van der Waals surface area contributed by atoms with Crippen LogP contribution in [-0.2, 0) is 4.79 Å². The molecule has 0 unspecified atom stereocenters. The summed E-state index contributed by atoms with van der Waals surface area (Å²) >= 11 is 0. The van der Waals surface area contributed by atoms with E-state index < -0.39 is 5.82 Å². The number of Topliss-reactive ketones (excluding diaryl/α,β-unsaturated/α-hetero) is 1. The SMILES string of the molecule is Cc1c(C(=O)CCCCN2CCCC2)[nH]c(/C=C2\C(=O)Nc3ccc(F)cc32)c1C(=O)c1ccccc1. The molecular formula is C30H30FN3O3. The van der Waals surface area contributed by atoms with Crippen LogP contribution in [0, 0.1) is 12.7 Å². The summed E-state index contributed by atoms with van der Waals surface area (Å²) in [7, 11) is 0. The lowest BCUT2D eigenvalue weighted by molar-refractivity contribution is -0.110. The lowest BCUT2D eigenvalue weighted by atomic mass is 9.96. The van der Waals surface area contributed by atoms with Crippen molar-refractivity contribution in [2.24, 2.45) is 0 Å². The van der Waals surface area contributed by atoms with Crippen LogP contribution >= 0.6 is 0 Å². The molecule has 2 aromatic carbocycles. The summed E-state index contributed by atoms with van der Waals surface area (Å²) in [5.41, 5.74) is 3.30. The van der Waals surface area contributed by atoms with Gasteiger partial charge in [-0.25, -0.2) is 4.39 Å². The van der Waals surface area contributed by atoms with E-state index >= 15 is 0 Å². The number of fused-ring (bicyclic) bond motifs is 1. The molecule has 1 fully saturated rings. The number of aromatic nitrogens is 1. The normalized spacial score (nSPS) is 16.3. The second-order valence-corrected chi connectivity index (χ2v) is 9.74. The van der Waals surface area contributed by atoms with Crippen molar-refractivity contribution in [2.45, 2.75) is 39.0 Å². The molecular weight excluding hydrogens is 469 g/mol. The lowest BCUT2D eigenvalue weighted by Gasteiger charge is -2.13. The number of amides is 1. The van der Waals surface area contributed by atoms with E-state index in [-0.39, 0.29) is 23.0 Å². The van der Waals surface area contributed by atoms with E-state index in [4.69, 9.17) is 0 Å². The van der Waals surface area contributed by atoms with Gasteiger partial charge >= 0.3 is 0 Å². The molecule has 0 bridgehead atoms. The Labute approximate surface area is 215 Å². The molecule has 6 nitrogen and oxygen atoms in total. The molecule has 0 aliphatic carbocycles. The summed E-state index contributed by atoms with van der Waals surface area (Å²) in [4.78, 5) is 45.1. The monoisotopic (exact) mass is 499 g/mol. The molecule has 5 rings (SSSR count). The minimum Gasteiger partial charge on any atom is -0.352 e. The number of ketones is 2. The highest BCUT2D eigenvalue weighted by Crippen LogP contribution is 2.35. The number of H-pyrrole nitrogens is 1. The third kappa shape index (κ3) is 5.18. The van der Waals surface area contributed by atoms with Gasteiger partial charge in [0.25, 0.3) is 5.91 Å². The predicted molar refractivity (Wildman–Crippen MR) is 142 cm³/mol. The second-order valence-electron chi connectivity index (χ2n) is 9.74. The average molecular weight is 500 g/mol. The Kier molecular flexibility index (Phi) is 7.15. The fourth-order valence-corrected chi connectivity index (χ4v) is 5.23. The summed E-state index contributed by atoms with van der Waals surface area (Å²) in [6, 6.07) is 12.9. The summed E-state index contributed by atoms with van der Waals surface area (Å²) in [6.07, 6.45) is 6.12. The van der Waals surface area contributed by atoms with Gasteiger partial charge in [0.15, 0.2) is 11.6 Å². The quantitative estimate of drug-likeness (QED) is 0.227. The number of carbonyl (C=O) groups is 3. The minimum atomic E-state index is -0.464. The number of hydrogen-bond donors (Lipinski definition) is 2. The van der Waals surface area contributed by atoms with Crippen LogP contribution in [0.1, 0.15) is 75.3 Å². The van der Waals surface area contributed by atoms with Crippen molar-refractivity contribution in [3.63, 3.8) is 0 Å². The maximum absolute atomic E-state index is 14.0. The first-order valence-electron chi connectivity index (χ1n) is 12.8. The van der Waals surface area contributed by atoms with Crippen LogP contribution in [-0.4, -0.2) is 47.0 Å². The topological polar surface area (TPSA) is 82.3 Å². The molecule has 1 aromatic heterocycles. The van der Waals surface area contributed by atoms with Crippen molar-refractivity contribution in [1.82, 2.24) is 9.88 Å². The van der Waals surface area contributed by atoms with Gasteiger partial charge in [-0.2, -0.15) is 0 Å². The highest BCUT2D eigenvalue weighted by atomic mass is 19.1. The van der Waals surface area contributed by atoms with Crippen LogP contribution in [0.15, 0.2) is 48.5 Å². The maximum Gasteiger partial charge on any atom is 0.256 e. The number of likely N-dealkylation sites (tertiary alicyclic amines) is 1. The highest BCUT2D eigenvalue weighted by Gasteiger charge is 2.28. The predicted octanol–water partition coefficient (Wildman–Crippen LogP) is 5.63. The zero-order valence-electron chi connectivity index (χ0n) is 20.9. The Morgan fingerprint density at radius 1 is 1.05 bits per heavy atom. The molecule has 7 heteroatoms. The van der Waals surface area contributed by atoms with Crippen molar-refractivity contribution in [2.75, 3.05) is 25.0 Å². The Morgan fingerprint density at radius 2 is 1.81 bits per heavy atom. The minimum absolute atomic E-state index is 0.0620. The molecule has 1 saturated heterocycles. The van der Waals surface area contributed by atoms with Crippen LogP contribution in [0.4, 0.5) is 10.1 Å². The number of nitrogens with zero attached hydrogens (tertiary/aromatic N) is 1. The van der Waals surface area contributed by atoms with Crippen molar-refractivity contribution in [3.8, 4) is 0 Å². The van der Waals surface area contributed by atoms with E-state index in [0.29, 0.717) is 45.7 Å². The molecule has 1 amide bonds. The van der Waals surface area contributed by atoms with Gasteiger partial charge in [-0.05, 0) is 82.1 Å². The largest absolute Gasteiger partial charge is 0.352 e. The van der Waals surface area contributed by atoms with E-state index in [1.807, 2.05) is 6.07 Å². The summed E-state index contributed by atoms with van der Waals surface area (Å²) in [5, 5.41) is 2.73. The van der Waals surface area contributed by atoms with E-state index in [2.05, 4.69) is 15.2 Å². The number of aromatic amines is 1. The van der Waals surface area contributed by atoms with Crippen LogP contribution in [0.3, 0.4) is 0 Å². The molecule has 3 aromatic rings. The molecule has 2 aliphatic heterocycles. The zero-order valence-corrected chi connectivity index (χ0v) is 20.9. The Balaban J connectivity index is 1.47. The van der Waals surface area contributed by atoms with Gasteiger partial charge in [0, 0.05) is 23.2 Å². The molecule has 2 aliphatic rings. The number of rotatable bonds is 9. The summed E-state index contributed by atoms with van der Waals surface area (Å²) in [5.74, 6) is -1.16. The summed E-state index contributed by atoms with van der Waals surface area (Å²) in [6.45, 7) is 5.02. The van der Waals surface area contributed by atoms with E-state index in [9.17, 15) is 18.8 Å². The van der Waals surface area contributed by atoms with Gasteiger partial charge in [-0.15, -0.1) is 0 Å². The Morgan fingerprint density at radius 3 is 2.57 bits per heavy atom. The lowest BCUT2D eigenvalue weighted by Crippen LogP contribution is -2.20. The highest BCUT2D eigenvalue weighted by molar-refractivity contribution is 6.35. The van der Waals surface area contributed by atoms with Gasteiger partial charge in [-0.1, -0.05) is 30.3 Å². The fraction of sp³-hybridized carbons (Fsp3) is 0.300. The molecule has 0 saturated carbocycles. The average Bonchev–Trinajstić information content (AvgIpc) is 3.61. The van der Waals surface area contributed by atoms with E-state index in [1.54, 1.807) is 37.3 Å². The number of unbranched alkanes of at least 4 members (excludes halogenated alkanes) is 1. The first kappa shape index (κ1) is 24.8. The summed E-state index contributed by atoms with van der Waals surface area (Å²) < 4.78 is 14.0. The second kappa shape index (κ2) is 10.6. The molecule has 3 heterocycles. The molecule has 0 spiro atoms. The number of halogens is 1. The van der Waals surface area contributed by atoms with Crippen molar-refractivity contribution in [3.05, 3.63) is 88.0 Å². The number of nitrogens with one attached hydrogen (secondary N) is 2. The molecule has 0 atom stereocenters. The smallest absolute Gasteiger partial charge is 0.256 e. The Hall–Kier alpha value is -3.84. The number of carbonyl (C=O) groups excluding carboxylic acids is 3. The fourth-order valence-electron chi connectivity index (χ4n) is 5.23. The zero-order chi connectivity index (χ0) is 25.9. The third-order valence-electron chi connectivity index (χ3n) is 7.20. The molecule has 37 heavy (non-hydrogen) atoms.